The zero-order valence-electron chi connectivity index (χ0n) is 16.5. The lowest BCUT2D eigenvalue weighted by Gasteiger charge is -2.34. The van der Waals surface area contributed by atoms with Crippen LogP contribution in [0.1, 0.15) is 38.3 Å². The van der Waals surface area contributed by atoms with Crippen molar-refractivity contribution < 1.29 is 13.2 Å². The number of carbonyl (C=O) groups excluding carboxylic acids is 1. The molecule has 0 saturated carbocycles. The molecule has 1 aromatic heterocycles. The molecule has 3 rings (SSSR count). The summed E-state index contributed by atoms with van der Waals surface area (Å²) in [6.07, 6.45) is 4.75. The summed E-state index contributed by atoms with van der Waals surface area (Å²) in [5.74, 6) is -0.289. The Morgan fingerprint density at radius 2 is 1.96 bits per heavy atom. The number of hydrogen-bond acceptors (Lipinski definition) is 5. The van der Waals surface area contributed by atoms with Gasteiger partial charge in [-0.3, -0.25) is 9.48 Å². The highest BCUT2D eigenvalue weighted by Crippen LogP contribution is 2.25. The summed E-state index contributed by atoms with van der Waals surface area (Å²) < 4.78 is 29.0. The minimum absolute atomic E-state index is 0.00671. The topological polar surface area (TPSA) is 87.5 Å². The van der Waals surface area contributed by atoms with Gasteiger partial charge in [-0.1, -0.05) is 6.92 Å². The van der Waals surface area contributed by atoms with Gasteiger partial charge in [0.2, 0.25) is 15.9 Å². The van der Waals surface area contributed by atoms with E-state index in [-0.39, 0.29) is 29.3 Å². The number of likely N-dealkylation sites (tertiary alicyclic amines) is 1. The van der Waals surface area contributed by atoms with Crippen LogP contribution in [0.2, 0.25) is 0 Å². The quantitative estimate of drug-likeness (QED) is 0.791. The van der Waals surface area contributed by atoms with Gasteiger partial charge in [0.05, 0.1) is 17.8 Å². The summed E-state index contributed by atoms with van der Waals surface area (Å²) >= 11 is 0. The zero-order valence-corrected chi connectivity index (χ0v) is 17.3. The Morgan fingerprint density at radius 3 is 2.56 bits per heavy atom. The monoisotopic (exact) mass is 397 g/mol. The van der Waals surface area contributed by atoms with E-state index < -0.39 is 10.0 Å². The van der Waals surface area contributed by atoms with E-state index >= 15 is 0 Å². The fraction of sp³-hybridized carbons (Fsp3) is 0.778. The number of amides is 1. The molecule has 1 amide bonds. The van der Waals surface area contributed by atoms with E-state index in [2.05, 4.69) is 22.2 Å². The molecular weight excluding hydrogens is 366 g/mol. The van der Waals surface area contributed by atoms with Gasteiger partial charge in [-0.2, -0.15) is 9.40 Å². The molecule has 1 atom stereocenters. The molecule has 1 aromatic rings. The van der Waals surface area contributed by atoms with Crippen molar-refractivity contribution in [3.8, 4) is 0 Å². The molecule has 8 nitrogen and oxygen atoms in total. The minimum Gasteiger partial charge on any atom is -0.353 e. The number of carbonyl (C=O) groups is 1. The third kappa shape index (κ3) is 4.35. The Bertz CT molecular complexity index is 768. The van der Waals surface area contributed by atoms with Gasteiger partial charge in [-0.25, -0.2) is 8.42 Å². The third-order valence-electron chi connectivity index (χ3n) is 5.94. The lowest BCUT2D eigenvalue weighted by Crippen LogP contribution is -2.50. The Labute approximate surface area is 161 Å². The van der Waals surface area contributed by atoms with Crippen molar-refractivity contribution in [3.05, 3.63) is 11.9 Å². The fourth-order valence-electron chi connectivity index (χ4n) is 3.96. The second kappa shape index (κ2) is 8.28. The SMILES string of the molecule is CCN1CCC(NC(=O)C2CCCN(S(=O)(=O)c3cnn(C)c3C)C2)CC1. The Morgan fingerprint density at radius 1 is 1.26 bits per heavy atom. The summed E-state index contributed by atoms with van der Waals surface area (Å²) in [7, 11) is -1.89. The van der Waals surface area contributed by atoms with Crippen LogP contribution in [0.5, 0.6) is 0 Å². The lowest BCUT2D eigenvalue weighted by molar-refractivity contribution is -0.127. The van der Waals surface area contributed by atoms with Crippen molar-refractivity contribution in [2.24, 2.45) is 13.0 Å². The molecule has 9 heteroatoms. The van der Waals surface area contributed by atoms with Crippen LogP contribution < -0.4 is 5.32 Å². The van der Waals surface area contributed by atoms with Crippen LogP contribution in [0.3, 0.4) is 0 Å². The molecule has 2 saturated heterocycles. The molecule has 0 bridgehead atoms. The van der Waals surface area contributed by atoms with E-state index in [9.17, 15) is 13.2 Å². The van der Waals surface area contributed by atoms with Gasteiger partial charge < -0.3 is 10.2 Å². The fourth-order valence-corrected chi connectivity index (χ4v) is 5.67. The Balaban J connectivity index is 1.62. The van der Waals surface area contributed by atoms with E-state index in [4.69, 9.17) is 0 Å². The standard InChI is InChI=1S/C18H31N5O3S/c1-4-22-10-7-16(8-11-22)20-18(24)15-6-5-9-23(13-15)27(25,26)17-12-19-21(3)14(17)2/h12,15-16H,4-11,13H2,1-3H3,(H,20,24). The van der Waals surface area contributed by atoms with E-state index in [1.807, 2.05) is 0 Å². The van der Waals surface area contributed by atoms with Crippen LogP contribution in [0.4, 0.5) is 0 Å². The number of aromatic nitrogens is 2. The Kier molecular flexibility index (Phi) is 6.22. The van der Waals surface area contributed by atoms with Gasteiger partial charge >= 0.3 is 0 Å². The van der Waals surface area contributed by atoms with Crippen LogP contribution in [-0.4, -0.2) is 72.1 Å². The van der Waals surface area contributed by atoms with Gasteiger partial charge in [-0.05, 0) is 39.2 Å². The maximum absolute atomic E-state index is 13.0. The van der Waals surface area contributed by atoms with Gasteiger partial charge in [0, 0.05) is 39.3 Å². The smallest absolute Gasteiger partial charge is 0.246 e. The van der Waals surface area contributed by atoms with Crippen molar-refractivity contribution >= 4 is 15.9 Å². The van der Waals surface area contributed by atoms with Crippen LogP contribution in [0.15, 0.2) is 11.1 Å². The highest BCUT2D eigenvalue weighted by atomic mass is 32.2. The van der Waals surface area contributed by atoms with Gasteiger partial charge in [0.1, 0.15) is 4.90 Å². The first kappa shape index (κ1) is 20.3. The molecule has 2 fully saturated rings. The Hall–Kier alpha value is -1.45. The van der Waals surface area contributed by atoms with Crippen molar-refractivity contribution in [1.29, 1.82) is 0 Å². The van der Waals surface area contributed by atoms with Gasteiger partial charge in [0.25, 0.3) is 0 Å². The highest BCUT2D eigenvalue weighted by molar-refractivity contribution is 7.89. The lowest BCUT2D eigenvalue weighted by atomic mass is 9.97. The minimum atomic E-state index is -3.62. The molecule has 0 spiro atoms. The summed E-state index contributed by atoms with van der Waals surface area (Å²) in [4.78, 5) is 15.4. The normalized spacial score (nSPS) is 23.4. The zero-order chi connectivity index (χ0) is 19.6. The molecule has 0 aliphatic carbocycles. The average molecular weight is 398 g/mol. The summed E-state index contributed by atoms with van der Waals surface area (Å²) in [6.45, 7) is 7.66. The van der Waals surface area contributed by atoms with Crippen LogP contribution in [-0.2, 0) is 21.9 Å². The third-order valence-corrected chi connectivity index (χ3v) is 7.91. The first-order valence-corrected chi connectivity index (χ1v) is 11.3. The average Bonchev–Trinajstić information content (AvgIpc) is 3.02. The molecule has 152 valence electrons. The maximum Gasteiger partial charge on any atom is 0.246 e. The second-order valence-corrected chi connectivity index (χ2v) is 9.54. The number of sulfonamides is 1. The molecule has 0 aromatic carbocycles. The number of rotatable bonds is 5. The molecule has 0 radical (unpaired) electrons. The summed E-state index contributed by atoms with van der Waals surface area (Å²) in [5.41, 5.74) is 0.615. The van der Waals surface area contributed by atoms with Crippen molar-refractivity contribution in [2.75, 3.05) is 32.7 Å². The number of aryl methyl sites for hydroxylation is 1. The molecule has 1 N–H and O–H groups in total. The largest absolute Gasteiger partial charge is 0.353 e. The van der Waals surface area contributed by atoms with E-state index in [0.717, 1.165) is 38.9 Å². The first-order chi connectivity index (χ1) is 12.8. The number of hydrogen-bond donors (Lipinski definition) is 1. The van der Waals surface area contributed by atoms with Gasteiger partial charge in [0.15, 0.2) is 0 Å². The molecule has 3 heterocycles. The first-order valence-electron chi connectivity index (χ1n) is 9.84. The molecule has 1 unspecified atom stereocenters. The molecule has 27 heavy (non-hydrogen) atoms. The molecule has 2 aliphatic rings. The second-order valence-electron chi connectivity index (χ2n) is 7.64. The number of piperidine rings is 2. The van der Waals surface area contributed by atoms with Crippen molar-refractivity contribution in [3.63, 3.8) is 0 Å². The van der Waals surface area contributed by atoms with Crippen LogP contribution in [0.25, 0.3) is 0 Å². The van der Waals surface area contributed by atoms with Crippen molar-refractivity contribution in [2.45, 2.75) is 50.5 Å². The van der Waals surface area contributed by atoms with Crippen molar-refractivity contribution in [1.82, 2.24) is 24.3 Å². The number of nitrogens with zero attached hydrogens (tertiary/aromatic N) is 4. The van der Waals surface area contributed by atoms with Gasteiger partial charge in [-0.15, -0.1) is 0 Å². The predicted octanol–water partition coefficient (Wildman–Crippen LogP) is 0.730. The molecule has 2 aliphatic heterocycles. The van der Waals surface area contributed by atoms with Crippen LogP contribution in [0, 0.1) is 12.8 Å². The van der Waals surface area contributed by atoms with E-state index in [1.165, 1.54) is 10.5 Å². The summed E-state index contributed by atoms with van der Waals surface area (Å²) in [6, 6.07) is 0.202. The highest BCUT2D eigenvalue weighted by Gasteiger charge is 2.35. The molecular formula is C18H31N5O3S. The predicted molar refractivity (Wildman–Crippen MR) is 103 cm³/mol. The van der Waals surface area contributed by atoms with E-state index in [1.54, 1.807) is 18.7 Å². The van der Waals surface area contributed by atoms with Crippen LogP contribution >= 0.6 is 0 Å². The van der Waals surface area contributed by atoms with E-state index in [0.29, 0.717) is 18.7 Å². The summed E-state index contributed by atoms with van der Waals surface area (Å²) in [5, 5.41) is 7.21. The number of nitrogens with one attached hydrogen (secondary N) is 1. The maximum atomic E-state index is 13.0.